The first-order chi connectivity index (χ1) is 9.07. The Kier molecular flexibility index (Phi) is 4.29. The molecule has 0 aromatic carbocycles. The lowest BCUT2D eigenvalue weighted by Crippen LogP contribution is -2.47. The van der Waals surface area contributed by atoms with Gasteiger partial charge in [-0.2, -0.15) is 0 Å². The van der Waals surface area contributed by atoms with Gasteiger partial charge in [0, 0.05) is 26.7 Å². The normalized spacial score (nSPS) is 21.5. The van der Waals surface area contributed by atoms with Gasteiger partial charge in [0.05, 0.1) is 0 Å². The molecule has 2 amide bonds. The van der Waals surface area contributed by atoms with Crippen LogP contribution < -0.4 is 10.6 Å². The van der Waals surface area contributed by atoms with Gasteiger partial charge in [0.2, 0.25) is 0 Å². The maximum Gasteiger partial charge on any atom is 0.326 e. The Balaban J connectivity index is 1.71. The first kappa shape index (κ1) is 14.1. The Morgan fingerprint density at radius 1 is 1.42 bits per heavy atom. The lowest BCUT2D eigenvalue weighted by molar-refractivity contribution is -0.139. The number of rotatable bonds is 8. The summed E-state index contributed by atoms with van der Waals surface area (Å²) in [7, 11) is 1.51. The van der Waals surface area contributed by atoms with E-state index in [9.17, 15) is 9.59 Å². The molecule has 2 rings (SSSR count). The molecule has 0 bridgehead atoms. The van der Waals surface area contributed by atoms with E-state index in [1.807, 2.05) is 0 Å². The number of ether oxygens (including phenoxy) is 1. The number of urea groups is 1. The zero-order valence-corrected chi connectivity index (χ0v) is 11.3. The summed E-state index contributed by atoms with van der Waals surface area (Å²) in [6.07, 6.45) is 5.19. The lowest BCUT2D eigenvalue weighted by Gasteiger charge is -2.18. The minimum Gasteiger partial charge on any atom is -0.480 e. The molecule has 108 valence electrons. The van der Waals surface area contributed by atoms with E-state index in [2.05, 4.69) is 10.6 Å². The molecule has 0 aromatic rings. The van der Waals surface area contributed by atoms with Gasteiger partial charge in [0.15, 0.2) is 0 Å². The van der Waals surface area contributed by atoms with Gasteiger partial charge in [0.25, 0.3) is 0 Å². The highest BCUT2D eigenvalue weighted by atomic mass is 16.5. The number of carboxylic acid groups (broad SMARTS) is 1. The standard InChI is InChI=1S/C13H22N2O4/c1-19-7-4-10(11(16)17)15-12(18)14-8-13(5-6-13)9-2-3-9/h9-10H,2-8H2,1H3,(H,16,17)(H2,14,15,18). The van der Waals surface area contributed by atoms with Crippen molar-refractivity contribution >= 4 is 12.0 Å². The molecule has 2 aliphatic carbocycles. The monoisotopic (exact) mass is 270 g/mol. The van der Waals surface area contributed by atoms with Gasteiger partial charge in [-0.1, -0.05) is 0 Å². The van der Waals surface area contributed by atoms with Crippen molar-refractivity contribution in [1.82, 2.24) is 10.6 Å². The first-order valence-electron chi connectivity index (χ1n) is 6.83. The second-order valence-electron chi connectivity index (χ2n) is 5.64. The second-order valence-corrected chi connectivity index (χ2v) is 5.64. The van der Waals surface area contributed by atoms with Crippen LogP contribution in [-0.4, -0.2) is 43.4 Å². The summed E-state index contributed by atoms with van der Waals surface area (Å²) in [5, 5.41) is 14.3. The molecule has 0 saturated heterocycles. The maximum atomic E-state index is 11.7. The van der Waals surface area contributed by atoms with Crippen molar-refractivity contribution in [3.05, 3.63) is 0 Å². The predicted octanol–water partition coefficient (Wildman–Crippen LogP) is 0.965. The highest BCUT2D eigenvalue weighted by Gasteiger charge is 2.53. The van der Waals surface area contributed by atoms with Gasteiger partial charge < -0.3 is 20.5 Å². The molecule has 2 saturated carbocycles. The summed E-state index contributed by atoms with van der Waals surface area (Å²) in [4.78, 5) is 22.7. The van der Waals surface area contributed by atoms with Crippen LogP contribution in [-0.2, 0) is 9.53 Å². The van der Waals surface area contributed by atoms with Crippen LogP contribution >= 0.6 is 0 Å². The third kappa shape index (κ3) is 3.83. The molecule has 6 heteroatoms. The fourth-order valence-electron chi connectivity index (χ4n) is 2.54. The molecular weight excluding hydrogens is 248 g/mol. The highest BCUT2D eigenvalue weighted by molar-refractivity contribution is 5.82. The Bertz CT molecular complexity index is 351. The summed E-state index contributed by atoms with van der Waals surface area (Å²) < 4.78 is 4.83. The SMILES string of the molecule is COCCC(NC(=O)NCC1(C2CC2)CC1)C(=O)O. The van der Waals surface area contributed by atoms with Crippen LogP contribution in [0.15, 0.2) is 0 Å². The van der Waals surface area contributed by atoms with Gasteiger partial charge in [0.1, 0.15) is 6.04 Å². The zero-order valence-electron chi connectivity index (χ0n) is 11.3. The average Bonchev–Trinajstić information content (AvgIpc) is 3.24. The van der Waals surface area contributed by atoms with E-state index in [0.29, 0.717) is 18.6 Å². The van der Waals surface area contributed by atoms with Gasteiger partial charge in [-0.3, -0.25) is 0 Å². The summed E-state index contributed by atoms with van der Waals surface area (Å²) in [5.41, 5.74) is 0.322. The van der Waals surface area contributed by atoms with Crippen LogP contribution in [0.2, 0.25) is 0 Å². The number of methoxy groups -OCH3 is 1. The molecule has 19 heavy (non-hydrogen) atoms. The van der Waals surface area contributed by atoms with E-state index in [-0.39, 0.29) is 6.42 Å². The van der Waals surface area contributed by atoms with Crippen molar-refractivity contribution in [2.45, 2.75) is 38.1 Å². The van der Waals surface area contributed by atoms with E-state index >= 15 is 0 Å². The lowest BCUT2D eigenvalue weighted by atomic mass is 10.0. The number of carbonyl (C=O) groups is 2. The molecule has 2 fully saturated rings. The molecular formula is C13H22N2O4. The number of carbonyl (C=O) groups excluding carboxylic acids is 1. The fraction of sp³-hybridized carbons (Fsp3) is 0.846. The van der Waals surface area contributed by atoms with Gasteiger partial charge in [-0.25, -0.2) is 9.59 Å². The van der Waals surface area contributed by atoms with Crippen LogP contribution in [0.5, 0.6) is 0 Å². The van der Waals surface area contributed by atoms with Crippen LogP contribution in [0.3, 0.4) is 0 Å². The maximum absolute atomic E-state index is 11.7. The predicted molar refractivity (Wildman–Crippen MR) is 68.8 cm³/mol. The quantitative estimate of drug-likeness (QED) is 0.613. The van der Waals surface area contributed by atoms with Crippen LogP contribution in [0.25, 0.3) is 0 Å². The molecule has 0 aliphatic heterocycles. The Morgan fingerprint density at radius 2 is 2.11 bits per heavy atom. The molecule has 3 N–H and O–H groups in total. The Morgan fingerprint density at radius 3 is 2.58 bits per heavy atom. The minimum absolute atomic E-state index is 0.271. The highest BCUT2D eigenvalue weighted by Crippen LogP contribution is 2.60. The molecule has 0 aromatic heterocycles. The van der Waals surface area contributed by atoms with Crippen LogP contribution in [0, 0.1) is 11.3 Å². The number of nitrogens with one attached hydrogen (secondary N) is 2. The average molecular weight is 270 g/mol. The summed E-state index contributed by atoms with van der Waals surface area (Å²) in [5.74, 6) is -0.257. The molecule has 0 radical (unpaired) electrons. The van der Waals surface area contributed by atoms with E-state index in [1.54, 1.807) is 0 Å². The molecule has 0 spiro atoms. The van der Waals surface area contributed by atoms with Crippen molar-refractivity contribution in [1.29, 1.82) is 0 Å². The third-order valence-corrected chi connectivity index (χ3v) is 4.15. The van der Waals surface area contributed by atoms with Crippen molar-refractivity contribution in [3.8, 4) is 0 Å². The number of hydrogen-bond donors (Lipinski definition) is 3. The molecule has 6 nitrogen and oxygen atoms in total. The van der Waals surface area contributed by atoms with Gasteiger partial charge in [-0.15, -0.1) is 0 Å². The molecule has 2 aliphatic rings. The minimum atomic E-state index is -1.03. The number of aliphatic carboxylic acids is 1. The van der Waals surface area contributed by atoms with Crippen molar-refractivity contribution in [2.75, 3.05) is 20.3 Å². The summed E-state index contributed by atoms with van der Waals surface area (Å²) >= 11 is 0. The van der Waals surface area contributed by atoms with Gasteiger partial charge >= 0.3 is 12.0 Å². The third-order valence-electron chi connectivity index (χ3n) is 4.15. The molecule has 0 heterocycles. The van der Waals surface area contributed by atoms with Gasteiger partial charge in [-0.05, 0) is 37.0 Å². The Hall–Kier alpha value is -1.30. The van der Waals surface area contributed by atoms with Crippen molar-refractivity contribution < 1.29 is 19.4 Å². The van der Waals surface area contributed by atoms with E-state index < -0.39 is 18.0 Å². The number of carboxylic acids is 1. The molecule has 1 unspecified atom stereocenters. The number of amides is 2. The van der Waals surface area contributed by atoms with E-state index in [1.165, 1.54) is 32.8 Å². The largest absolute Gasteiger partial charge is 0.480 e. The second kappa shape index (κ2) is 5.77. The van der Waals surface area contributed by atoms with Crippen molar-refractivity contribution in [2.24, 2.45) is 11.3 Å². The zero-order chi connectivity index (χ0) is 13.9. The topological polar surface area (TPSA) is 87.7 Å². The van der Waals surface area contributed by atoms with E-state index in [0.717, 1.165) is 5.92 Å². The van der Waals surface area contributed by atoms with Crippen molar-refractivity contribution in [3.63, 3.8) is 0 Å². The first-order valence-corrected chi connectivity index (χ1v) is 6.83. The molecule has 1 atom stereocenters. The summed E-state index contributed by atoms with van der Waals surface area (Å²) in [6, 6.07) is -1.29. The fourth-order valence-corrected chi connectivity index (χ4v) is 2.54. The Labute approximate surface area is 112 Å². The van der Waals surface area contributed by atoms with E-state index in [4.69, 9.17) is 9.84 Å². The summed E-state index contributed by atoms with van der Waals surface area (Å²) in [6.45, 7) is 0.976. The number of hydrogen-bond acceptors (Lipinski definition) is 3. The van der Waals surface area contributed by atoms with Crippen LogP contribution in [0.1, 0.15) is 32.1 Å². The van der Waals surface area contributed by atoms with Crippen LogP contribution in [0.4, 0.5) is 4.79 Å². The smallest absolute Gasteiger partial charge is 0.326 e.